The molecule has 1 fully saturated rings. The predicted octanol–water partition coefficient (Wildman–Crippen LogP) is -0.489. The fourth-order valence-electron chi connectivity index (χ4n) is 2.60. The second kappa shape index (κ2) is 8.56. The number of nitrogens with one attached hydrogen (secondary N) is 2. The molecule has 0 radical (unpaired) electrons. The van der Waals surface area contributed by atoms with Gasteiger partial charge in [0.15, 0.2) is 0 Å². The molecule has 2 N–H and O–H groups in total. The zero-order chi connectivity index (χ0) is 18.5. The van der Waals surface area contributed by atoms with E-state index in [9.17, 15) is 16.8 Å². The van der Waals surface area contributed by atoms with E-state index >= 15 is 0 Å². The lowest BCUT2D eigenvalue weighted by atomic mass is 10.3. The van der Waals surface area contributed by atoms with Crippen molar-refractivity contribution in [3.8, 4) is 0 Å². The van der Waals surface area contributed by atoms with E-state index in [1.807, 2.05) is 0 Å². The maximum absolute atomic E-state index is 12.6. The summed E-state index contributed by atoms with van der Waals surface area (Å²) >= 11 is 0. The fraction of sp³-hybridized carbons (Fsp3) is 0.600. The molecule has 8 nitrogen and oxygen atoms in total. The van der Waals surface area contributed by atoms with Crippen LogP contribution in [0, 0.1) is 0 Å². The van der Waals surface area contributed by atoms with Crippen molar-refractivity contribution >= 4 is 20.0 Å². The molecule has 0 aromatic heterocycles. The lowest BCUT2D eigenvalue weighted by molar-refractivity contribution is 0.239. The third-order valence-corrected chi connectivity index (χ3v) is 7.57. The summed E-state index contributed by atoms with van der Waals surface area (Å²) in [7, 11) is -4.99. The smallest absolute Gasteiger partial charge is 0.243 e. The summed E-state index contributed by atoms with van der Waals surface area (Å²) in [6, 6.07) is 5.66. The lowest BCUT2D eigenvalue weighted by Crippen LogP contribution is -2.44. The van der Waals surface area contributed by atoms with Crippen LogP contribution in [-0.2, 0) is 20.0 Å². The van der Waals surface area contributed by atoms with E-state index < -0.39 is 20.0 Å². The molecule has 1 aliphatic heterocycles. The first-order valence-corrected chi connectivity index (χ1v) is 11.1. The van der Waals surface area contributed by atoms with Crippen molar-refractivity contribution < 1.29 is 16.8 Å². The van der Waals surface area contributed by atoms with Gasteiger partial charge in [0, 0.05) is 46.8 Å². The van der Waals surface area contributed by atoms with E-state index in [-0.39, 0.29) is 16.3 Å². The fourth-order valence-corrected chi connectivity index (χ4v) is 5.37. The van der Waals surface area contributed by atoms with Crippen LogP contribution in [0.3, 0.4) is 0 Å². The number of nitrogens with zero attached hydrogens (tertiary/aromatic N) is 2. The molecular weight excluding hydrogens is 364 g/mol. The minimum Gasteiger partial charge on any atom is -0.314 e. The van der Waals surface area contributed by atoms with Gasteiger partial charge in [-0.1, -0.05) is 12.1 Å². The van der Waals surface area contributed by atoms with Gasteiger partial charge in [0.2, 0.25) is 20.0 Å². The minimum absolute atomic E-state index is 0.213. The Morgan fingerprint density at radius 1 is 1.08 bits per heavy atom. The molecule has 2 rings (SSSR count). The highest BCUT2D eigenvalue weighted by Gasteiger charge is 2.27. The molecule has 1 aromatic carbocycles. The molecule has 10 heteroatoms. The quantitative estimate of drug-likeness (QED) is 0.581. The molecule has 0 atom stereocenters. The van der Waals surface area contributed by atoms with Gasteiger partial charge < -0.3 is 10.2 Å². The second-order valence-corrected chi connectivity index (χ2v) is 9.93. The van der Waals surface area contributed by atoms with E-state index in [4.69, 9.17) is 0 Å². The summed E-state index contributed by atoms with van der Waals surface area (Å²) in [5.74, 6) is 0. The van der Waals surface area contributed by atoms with Crippen LogP contribution in [0.2, 0.25) is 0 Å². The lowest BCUT2D eigenvalue weighted by Gasteiger charge is -2.27. The van der Waals surface area contributed by atoms with Gasteiger partial charge in [0.1, 0.15) is 9.79 Å². The molecule has 0 aliphatic carbocycles. The van der Waals surface area contributed by atoms with Gasteiger partial charge in [-0.15, -0.1) is 0 Å². The summed E-state index contributed by atoms with van der Waals surface area (Å²) in [4.78, 5) is 1.84. The number of hydrogen-bond acceptors (Lipinski definition) is 6. The SMILES string of the molecule is CN(C)S(=O)(=O)c1ccccc1S(=O)(=O)NCCCN1CCNCC1. The topological polar surface area (TPSA) is 98.8 Å². The zero-order valence-corrected chi connectivity index (χ0v) is 16.2. The molecule has 1 aliphatic rings. The number of rotatable bonds is 8. The van der Waals surface area contributed by atoms with Crippen LogP contribution in [-0.4, -0.2) is 79.4 Å². The molecule has 0 saturated carbocycles. The van der Waals surface area contributed by atoms with Gasteiger partial charge in [-0.25, -0.2) is 25.9 Å². The maximum atomic E-state index is 12.6. The molecule has 1 aromatic rings. The second-order valence-electron chi connectivity index (χ2n) is 6.08. The molecule has 1 heterocycles. The highest BCUT2D eigenvalue weighted by Crippen LogP contribution is 2.22. The Hall–Kier alpha value is -1.04. The third-order valence-electron chi connectivity index (χ3n) is 4.05. The average molecular weight is 391 g/mol. The largest absolute Gasteiger partial charge is 0.314 e. The van der Waals surface area contributed by atoms with Crippen molar-refractivity contribution in [2.45, 2.75) is 16.2 Å². The molecule has 0 amide bonds. The minimum atomic E-state index is -3.90. The summed E-state index contributed by atoms with van der Waals surface area (Å²) < 4.78 is 53.3. The monoisotopic (exact) mass is 390 g/mol. The van der Waals surface area contributed by atoms with Crippen molar-refractivity contribution in [1.82, 2.24) is 19.2 Å². The van der Waals surface area contributed by atoms with E-state index in [2.05, 4.69) is 14.9 Å². The number of sulfonamides is 2. The Morgan fingerprint density at radius 3 is 2.28 bits per heavy atom. The van der Waals surface area contributed by atoms with Gasteiger partial charge in [-0.05, 0) is 25.1 Å². The Balaban J connectivity index is 2.04. The first-order valence-electron chi connectivity index (χ1n) is 8.19. The third kappa shape index (κ3) is 5.22. The van der Waals surface area contributed by atoms with E-state index in [0.717, 1.165) is 37.0 Å². The molecule has 0 spiro atoms. The van der Waals surface area contributed by atoms with Crippen LogP contribution < -0.4 is 10.0 Å². The first kappa shape index (κ1) is 20.3. The molecule has 1 saturated heterocycles. The van der Waals surface area contributed by atoms with E-state index in [1.165, 1.54) is 38.4 Å². The molecule has 0 unspecified atom stereocenters. The van der Waals surface area contributed by atoms with Crippen molar-refractivity contribution in [1.29, 1.82) is 0 Å². The molecule has 142 valence electrons. The van der Waals surface area contributed by atoms with Crippen LogP contribution >= 0.6 is 0 Å². The molecule has 25 heavy (non-hydrogen) atoms. The number of benzene rings is 1. The van der Waals surface area contributed by atoms with Crippen LogP contribution in [0.25, 0.3) is 0 Å². The highest BCUT2D eigenvalue weighted by atomic mass is 32.2. The van der Waals surface area contributed by atoms with Gasteiger partial charge in [0.05, 0.1) is 0 Å². The van der Waals surface area contributed by atoms with Crippen molar-refractivity contribution in [2.75, 3.05) is 53.4 Å². The Labute approximate surface area is 150 Å². The van der Waals surface area contributed by atoms with Crippen molar-refractivity contribution in [3.05, 3.63) is 24.3 Å². The number of piperazine rings is 1. The summed E-state index contributed by atoms with van der Waals surface area (Å²) in [5, 5.41) is 3.27. The standard InChI is InChI=1S/C15H26N4O4S2/c1-18(2)25(22,23)15-7-4-3-6-14(15)24(20,21)17-8-5-11-19-12-9-16-10-13-19/h3-4,6-7,16-17H,5,8-13H2,1-2H3. The first-order chi connectivity index (χ1) is 11.7. The summed E-state index contributed by atoms with van der Waals surface area (Å²) in [6.07, 6.45) is 0.668. The Kier molecular flexibility index (Phi) is 6.94. The van der Waals surface area contributed by atoms with Crippen molar-refractivity contribution in [2.24, 2.45) is 0 Å². The van der Waals surface area contributed by atoms with E-state index in [0.29, 0.717) is 6.42 Å². The van der Waals surface area contributed by atoms with Crippen LogP contribution in [0.15, 0.2) is 34.1 Å². The Bertz CT molecular complexity index is 772. The zero-order valence-electron chi connectivity index (χ0n) is 14.6. The van der Waals surface area contributed by atoms with Gasteiger partial charge >= 0.3 is 0 Å². The van der Waals surface area contributed by atoms with Crippen molar-refractivity contribution in [3.63, 3.8) is 0 Å². The van der Waals surface area contributed by atoms with Gasteiger partial charge in [0.25, 0.3) is 0 Å². The van der Waals surface area contributed by atoms with Gasteiger partial charge in [-0.2, -0.15) is 0 Å². The maximum Gasteiger partial charge on any atom is 0.243 e. The number of hydrogen-bond donors (Lipinski definition) is 2. The normalized spacial score (nSPS) is 17.1. The van der Waals surface area contributed by atoms with E-state index in [1.54, 1.807) is 0 Å². The van der Waals surface area contributed by atoms with Crippen LogP contribution in [0.5, 0.6) is 0 Å². The highest BCUT2D eigenvalue weighted by molar-refractivity contribution is 7.92. The summed E-state index contributed by atoms with van der Waals surface area (Å²) in [5.41, 5.74) is 0. The Morgan fingerprint density at radius 2 is 1.68 bits per heavy atom. The van der Waals surface area contributed by atoms with Crippen LogP contribution in [0.4, 0.5) is 0 Å². The predicted molar refractivity (Wildman–Crippen MR) is 96.4 cm³/mol. The average Bonchev–Trinajstić information content (AvgIpc) is 2.59. The van der Waals surface area contributed by atoms with Crippen LogP contribution in [0.1, 0.15) is 6.42 Å². The summed E-state index contributed by atoms with van der Waals surface area (Å²) in [6.45, 7) is 4.88. The molecular formula is C15H26N4O4S2. The van der Waals surface area contributed by atoms with Gasteiger partial charge in [-0.3, -0.25) is 0 Å². The molecule has 0 bridgehead atoms.